The maximum Gasteiger partial charge on any atom is 0.228 e. The SMILES string of the molecule is Cc1cc2c(cc1NC(=O)Cc1ccccc1)C(N1CCCC1)C(O)C(C)(C)O2. The lowest BCUT2D eigenvalue weighted by molar-refractivity contribution is -0.115. The third-order valence-electron chi connectivity index (χ3n) is 6.08. The second kappa shape index (κ2) is 7.81. The number of amides is 1. The number of nitrogens with one attached hydrogen (secondary N) is 1. The Balaban J connectivity index is 1.63. The number of benzene rings is 2. The van der Waals surface area contributed by atoms with Crippen LogP contribution >= 0.6 is 0 Å². The monoisotopic (exact) mass is 394 g/mol. The summed E-state index contributed by atoms with van der Waals surface area (Å²) >= 11 is 0. The Labute approximate surface area is 172 Å². The molecule has 4 rings (SSSR count). The van der Waals surface area contributed by atoms with Crippen molar-refractivity contribution in [1.29, 1.82) is 0 Å². The molecule has 2 atom stereocenters. The summed E-state index contributed by atoms with van der Waals surface area (Å²) in [7, 11) is 0. The maximum absolute atomic E-state index is 12.6. The first-order valence-electron chi connectivity index (χ1n) is 10.4. The number of hydrogen-bond acceptors (Lipinski definition) is 4. The minimum absolute atomic E-state index is 0.0467. The molecule has 5 nitrogen and oxygen atoms in total. The molecule has 0 aromatic heterocycles. The molecule has 0 radical (unpaired) electrons. The highest BCUT2D eigenvalue weighted by molar-refractivity contribution is 5.93. The van der Waals surface area contributed by atoms with Crippen molar-refractivity contribution in [3.63, 3.8) is 0 Å². The van der Waals surface area contributed by atoms with E-state index in [0.717, 1.165) is 54.1 Å². The van der Waals surface area contributed by atoms with Crippen molar-refractivity contribution in [2.45, 2.75) is 57.8 Å². The first kappa shape index (κ1) is 19.9. The zero-order valence-corrected chi connectivity index (χ0v) is 17.4. The first-order chi connectivity index (χ1) is 13.8. The molecule has 1 fully saturated rings. The number of nitrogens with zero attached hydrogens (tertiary/aromatic N) is 1. The fraction of sp³-hybridized carbons (Fsp3) is 0.458. The number of likely N-dealkylation sites (tertiary alicyclic amines) is 1. The molecule has 2 aliphatic rings. The molecule has 1 saturated heterocycles. The summed E-state index contributed by atoms with van der Waals surface area (Å²) < 4.78 is 6.17. The Bertz CT molecular complexity index is 888. The van der Waals surface area contributed by atoms with Crippen LogP contribution in [0.1, 0.15) is 49.4 Å². The van der Waals surface area contributed by atoms with Crippen molar-refractivity contribution in [2.24, 2.45) is 0 Å². The summed E-state index contributed by atoms with van der Waals surface area (Å²) in [4.78, 5) is 15.0. The quantitative estimate of drug-likeness (QED) is 0.827. The lowest BCUT2D eigenvalue weighted by Gasteiger charge is -2.45. The van der Waals surface area contributed by atoms with Crippen molar-refractivity contribution in [3.05, 3.63) is 59.2 Å². The lowest BCUT2D eigenvalue weighted by Crippen LogP contribution is -2.53. The van der Waals surface area contributed by atoms with Gasteiger partial charge in [-0.05, 0) is 70.0 Å². The van der Waals surface area contributed by atoms with E-state index in [-0.39, 0.29) is 11.9 Å². The van der Waals surface area contributed by atoms with Crippen molar-refractivity contribution in [2.75, 3.05) is 18.4 Å². The van der Waals surface area contributed by atoms with Crippen LogP contribution in [0, 0.1) is 6.92 Å². The molecule has 5 heteroatoms. The fourth-order valence-corrected chi connectivity index (χ4v) is 4.44. The van der Waals surface area contributed by atoms with Crippen molar-refractivity contribution in [1.82, 2.24) is 4.90 Å². The van der Waals surface area contributed by atoms with Gasteiger partial charge in [-0.2, -0.15) is 0 Å². The number of aliphatic hydroxyl groups excluding tert-OH is 1. The summed E-state index contributed by atoms with van der Waals surface area (Å²) in [5.41, 5.74) is 3.02. The van der Waals surface area contributed by atoms with Crippen LogP contribution < -0.4 is 10.1 Å². The highest BCUT2D eigenvalue weighted by Gasteiger charge is 2.46. The summed E-state index contributed by atoms with van der Waals surface area (Å²) in [6.45, 7) is 7.80. The molecule has 2 aliphatic heterocycles. The van der Waals surface area contributed by atoms with Gasteiger partial charge < -0.3 is 15.2 Å². The van der Waals surface area contributed by atoms with Crippen molar-refractivity contribution >= 4 is 11.6 Å². The van der Waals surface area contributed by atoms with Crippen LogP contribution in [0.3, 0.4) is 0 Å². The third kappa shape index (κ3) is 4.02. The number of fused-ring (bicyclic) bond motifs is 1. The molecule has 2 heterocycles. The third-order valence-corrected chi connectivity index (χ3v) is 6.08. The number of ether oxygens (including phenoxy) is 1. The Hall–Kier alpha value is -2.37. The number of anilines is 1. The van der Waals surface area contributed by atoms with Gasteiger partial charge in [0, 0.05) is 11.3 Å². The smallest absolute Gasteiger partial charge is 0.228 e. The van der Waals surface area contributed by atoms with Gasteiger partial charge in [-0.15, -0.1) is 0 Å². The van der Waals surface area contributed by atoms with Gasteiger partial charge in [0.15, 0.2) is 0 Å². The zero-order valence-electron chi connectivity index (χ0n) is 17.4. The van der Waals surface area contributed by atoms with E-state index in [4.69, 9.17) is 4.74 Å². The van der Waals surface area contributed by atoms with Crippen LogP contribution in [0.4, 0.5) is 5.69 Å². The summed E-state index contributed by atoms with van der Waals surface area (Å²) in [6, 6.07) is 13.6. The predicted molar refractivity (Wildman–Crippen MR) is 114 cm³/mol. The Morgan fingerprint density at radius 3 is 2.59 bits per heavy atom. The van der Waals surface area contributed by atoms with Crippen molar-refractivity contribution < 1.29 is 14.6 Å². The molecule has 0 bridgehead atoms. The van der Waals surface area contributed by atoms with Gasteiger partial charge in [-0.1, -0.05) is 30.3 Å². The van der Waals surface area contributed by atoms with Crippen LogP contribution in [0.15, 0.2) is 42.5 Å². The summed E-state index contributed by atoms with van der Waals surface area (Å²) in [5, 5.41) is 14.1. The normalized spacial score (nSPS) is 23.3. The molecule has 2 unspecified atom stereocenters. The van der Waals surface area contributed by atoms with E-state index in [2.05, 4.69) is 10.2 Å². The van der Waals surface area contributed by atoms with Gasteiger partial charge in [0.05, 0.1) is 12.5 Å². The topological polar surface area (TPSA) is 61.8 Å². The van der Waals surface area contributed by atoms with Crippen LogP contribution in [0.25, 0.3) is 0 Å². The molecule has 0 saturated carbocycles. The van der Waals surface area contributed by atoms with Gasteiger partial charge in [0.2, 0.25) is 5.91 Å². The average molecular weight is 395 g/mol. The number of carbonyl (C=O) groups excluding carboxylic acids is 1. The van der Waals surface area contributed by atoms with Crippen LogP contribution in [-0.4, -0.2) is 40.7 Å². The van der Waals surface area contributed by atoms with E-state index in [1.807, 2.05) is 63.2 Å². The number of aryl methyl sites for hydroxylation is 1. The average Bonchev–Trinajstić information content (AvgIpc) is 3.19. The summed E-state index contributed by atoms with van der Waals surface area (Å²) in [5.74, 6) is 0.755. The van der Waals surface area contributed by atoms with E-state index in [1.165, 1.54) is 0 Å². The second-order valence-electron chi connectivity index (χ2n) is 8.75. The van der Waals surface area contributed by atoms with E-state index in [1.54, 1.807) is 0 Å². The Morgan fingerprint density at radius 2 is 1.90 bits per heavy atom. The molecule has 2 N–H and O–H groups in total. The molecule has 0 spiro atoms. The van der Waals surface area contributed by atoms with Crippen molar-refractivity contribution in [3.8, 4) is 5.75 Å². The molecule has 2 aromatic carbocycles. The molecule has 1 amide bonds. The molecule has 0 aliphatic carbocycles. The Kier molecular flexibility index (Phi) is 5.36. The predicted octanol–water partition coefficient (Wildman–Crippen LogP) is 3.85. The van der Waals surface area contributed by atoms with E-state index < -0.39 is 11.7 Å². The zero-order chi connectivity index (χ0) is 20.6. The number of aliphatic hydroxyl groups is 1. The first-order valence-corrected chi connectivity index (χ1v) is 10.4. The molecular formula is C24H30N2O3. The largest absolute Gasteiger partial charge is 0.485 e. The minimum atomic E-state index is -0.662. The molecular weight excluding hydrogens is 364 g/mol. The second-order valence-corrected chi connectivity index (χ2v) is 8.75. The van der Waals surface area contributed by atoms with Crippen LogP contribution in [-0.2, 0) is 11.2 Å². The highest BCUT2D eigenvalue weighted by Crippen LogP contribution is 2.45. The van der Waals surface area contributed by atoms with Gasteiger partial charge in [-0.3, -0.25) is 9.69 Å². The number of carbonyl (C=O) groups is 1. The standard InChI is InChI=1S/C24H30N2O3/c1-16-13-20-18(15-19(16)25-21(27)14-17-9-5-4-6-10-17)22(26-11-7-8-12-26)23(28)24(2,3)29-20/h4-6,9-10,13,15,22-23,28H,7-8,11-12,14H2,1-3H3,(H,25,27). The number of rotatable bonds is 4. The minimum Gasteiger partial charge on any atom is -0.485 e. The number of hydrogen-bond donors (Lipinski definition) is 2. The van der Waals surface area contributed by atoms with Gasteiger partial charge in [-0.25, -0.2) is 0 Å². The van der Waals surface area contributed by atoms with Gasteiger partial charge >= 0.3 is 0 Å². The fourth-order valence-electron chi connectivity index (χ4n) is 4.44. The van der Waals surface area contributed by atoms with E-state index in [0.29, 0.717) is 6.42 Å². The Morgan fingerprint density at radius 1 is 1.21 bits per heavy atom. The lowest BCUT2D eigenvalue weighted by atomic mass is 9.85. The van der Waals surface area contributed by atoms with Gasteiger partial charge in [0.25, 0.3) is 0 Å². The highest BCUT2D eigenvalue weighted by atomic mass is 16.5. The molecule has 154 valence electrons. The molecule has 29 heavy (non-hydrogen) atoms. The maximum atomic E-state index is 12.6. The van der Waals surface area contributed by atoms with Crippen LogP contribution in [0.2, 0.25) is 0 Å². The van der Waals surface area contributed by atoms with Crippen LogP contribution in [0.5, 0.6) is 5.75 Å². The summed E-state index contributed by atoms with van der Waals surface area (Å²) in [6.07, 6.45) is 1.99. The van der Waals surface area contributed by atoms with Gasteiger partial charge in [0.1, 0.15) is 17.5 Å². The van der Waals surface area contributed by atoms with E-state index in [9.17, 15) is 9.90 Å². The molecule has 2 aromatic rings. The van der Waals surface area contributed by atoms with E-state index >= 15 is 0 Å².